The van der Waals surface area contributed by atoms with E-state index in [1.54, 1.807) is 0 Å². The summed E-state index contributed by atoms with van der Waals surface area (Å²) in [7, 11) is 0. The highest BCUT2D eigenvalue weighted by atomic mass is 16.4. The number of rotatable bonds is 4. The molecule has 17 heavy (non-hydrogen) atoms. The van der Waals surface area contributed by atoms with E-state index in [-0.39, 0.29) is 12.8 Å². The maximum absolute atomic E-state index is 11.3. The summed E-state index contributed by atoms with van der Waals surface area (Å²) in [6.07, 6.45) is -0.425. The second-order valence-corrected chi connectivity index (χ2v) is 3.52. The Hall–Kier alpha value is -2.37. The van der Waals surface area contributed by atoms with Crippen LogP contribution in [0.5, 0.6) is 0 Å². The van der Waals surface area contributed by atoms with Crippen LogP contribution in [-0.4, -0.2) is 21.8 Å². The number of anilines is 1. The molecule has 0 spiro atoms. The summed E-state index contributed by atoms with van der Waals surface area (Å²) in [6.45, 7) is 0. The molecule has 0 atom stereocenters. The summed E-state index contributed by atoms with van der Waals surface area (Å²) >= 11 is 0. The van der Waals surface area contributed by atoms with Gasteiger partial charge in [-0.1, -0.05) is 12.1 Å². The van der Waals surface area contributed by atoms with Crippen LogP contribution in [0.1, 0.15) is 12.8 Å². The third-order valence-corrected chi connectivity index (χ3v) is 2.20. The highest BCUT2D eigenvalue weighted by molar-refractivity contribution is 5.92. The number of H-pyrrole nitrogens is 1. The minimum atomic E-state index is -1.25. The van der Waals surface area contributed by atoms with Crippen molar-refractivity contribution in [2.75, 3.05) is 5.32 Å². The van der Waals surface area contributed by atoms with E-state index in [0.29, 0.717) is 5.95 Å². The molecule has 6 heteroatoms. The van der Waals surface area contributed by atoms with Gasteiger partial charge in [0.1, 0.15) is 0 Å². The first-order valence-electron chi connectivity index (χ1n) is 5.09. The SMILES string of the molecule is O=C([O-])CCC(=O)Nc1nc2ccccc2[nH]1. The van der Waals surface area contributed by atoms with E-state index in [1.165, 1.54) is 0 Å². The number of carbonyl (C=O) groups is 2. The van der Waals surface area contributed by atoms with Crippen LogP contribution in [0.2, 0.25) is 0 Å². The van der Waals surface area contributed by atoms with Crippen molar-refractivity contribution < 1.29 is 14.7 Å². The number of hydrogen-bond acceptors (Lipinski definition) is 4. The van der Waals surface area contributed by atoms with Crippen molar-refractivity contribution in [1.82, 2.24) is 9.97 Å². The topological polar surface area (TPSA) is 97.9 Å². The number of aromatic amines is 1. The zero-order chi connectivity index (χ0) is 12.3. The number of para-hydroxylation sites is 2. The predicted molar refractivity (Wildman–Crippen MR) is 59.0 cm³/mol. The number of carboxylic acid groups (broad SMARTS) is 1. The normalized spacial score (nSPS) is 10.4. The minimum absolute atomic E-state index is 0.126. The number of carboxylic acids is 1. The van der Waals surface area contributed by atoms with E-state index in [2.05, 4.69) is 15.3 Å². The maximum atomic E-state index is 11.3. The fourth-order valence-electron chi connectivity index (χ4n) is 1.42. The van der Waals surface area contributed by atoms with Gasteiger partial charge in [-0.15, -0.1) is 0 Å². The third kappa shape index (κ3) is 2.81. The van der Waals surface area contributed by atoms with Gasteiger partial charge < -0.3 is 14.9 Å². The van der Waals surface area contributed by atoms with Crippen molar-refractivity contribution in [1.29, 1.82) is 0 Å². The molecule has 2 aromatic rings. The Balaban J connectivity index is 2.03. The Morgan fingerprint density at radius 2 is 2.06 bits per heavy atom. The Morgan fingerprint density at radius 3 is 2.76 bits per heavy atom. The summed E-state index contributed by atoms with van der Waals surface area (Å²) in [6, 6.07) is 7.33. The molecule has 6 nitrogen and oxygen atoms in total. The van der Waals surface area contributed by atoms with Crippen molar-refractivity contribution in [2.24, 2.45) is 0 Å². The third-order valence-electron chi connectivity index (χ3n) is 2.20. The molecule has 0 bridgehead atoms. The molecule has 1 heterocycles. The quantitative estimate of drug-likeness (QED) is 0.777. The summed E-state index contributed by atoms with van der Waals surface area (Å²) < 4.78 is 0. The molecule has 0 fully saturated rings. The first kappa shape index (κ1) is 11.1. The van der Waals surface area contributed by atoms with Gasteiger partial charge in [-0.3, -0.25) is 10.1 Å². The van der Waals surface area contributed by atoms with E-state index in [4.69, 9.17) is 0 Å². The number of carbonyl (C=O) groups excluding carboxylic acids is 2. The number of nitrogens with zero attached hydrogens (tertiary/aromatic N) is 1. The molecule has 1 amide bonds. The molecular formula is C11H10N3O3-. The van der Waals surface area contributed by atoms with Gasteiger partial charge in [0.2, 0.25) is 11.9 Å². The molecule has 0 aliphatic rings. The lowest BCUT2D eigenvalue weighted by molar-refractivity contribution is -0.305. The highest BCUT2D eigenvalue weighted by Crippen LogP contribution is 2.13. The first-order chi connectivity index (χ1) is 8.15. The number of benzene rings is 1. The van der Waals surface area contributed by atoms with Gasteiger partial charge >= 0.3 is 0 Å². The number of amides is 1. The van der Waals surface area contributed by atoms with Crippen LogP contribution in [0.4, 0.5) is 5.95 Å². The molecular weight excluding hydrogens is 222 g/mol. The summed E-state index contributed by atoms with van der Waals surface area (Å²) in [5.41, 5.74) is 1.55. The van der Waals surface area contributed by atoms with Crippen LogP contribution in [0, 0.1) is 0 Å². The maximum Gasteiger partial charge on any atom is 0.227 e. The number of nitrogens with one attached hydrogen (secondary N) is 2. The van der Waals surface area contributed by atoms with Crippen LogP contribution < -0.4 is 10.4 Å². The molecule has 2 rings (SSSR count). The number of aliphatic carboxylic acids is 1. The van der Waals surface area contributed by atoms with Gasteiger partial charge in [-0.05, 0) is 18.6 Å². The lowest BCUT2D eigenvalue weighted by Gasteiger charge is -2.01. The molecule has 0 saturated heterocycles. The van der Waals surface area contributed by atoms with Crippen molar-refractivity contribution in [3.8, 4) is 0 Å². The lowest BCUT2D eigenvalue weighted by atomic mass is 10.3. The van der Waals surface area contributed by atoms with E-state index in [0.717, 1.165) is 11.0 Å². The lowest BCUT2D eigenvalue weighted by Crippen LogP contribution is -2.24. The van der Waals surface area contributed by atoms with Gasteiger partial charge in [0, 0.05) is 12.4 Å². The molecule has 2 N–H and O–H groups in total. The van der Waals surface area contributed by atoms with Crippen LogP contribution in [0.3, 0.4) is 0 Å². The molecule has 1 aromatic heterocycles. The Labute approximate surface area is 96.7 Å². The predicted octanol–water partition coefficient (Wildman–Crippen LogP) is 0.0315. The molecule has 0 radical (unpaired) electrons. The fraction of sp³-hybridized carbons (Fsp3) is 0.182. The van der Waals surface area contributed by atoms with Gasteiger partial charge in [-0.2, -0.15) is 0 Å². The van der Waals surface area contributed by atoms with Gasteiger partial charge in [0.25, 0.3) is 0 Å². The molecule has 1 aromatic carbocycles. The van der Waals surface area contributed by atoms with Crippen molar-refractivity contribution in [3.63, 3.8) is 0 Å². The van der Waals surface area contributed by atoms with Crippen LogP contribution in [0.15, 0.2) is 24.3 Å². The zero-order valence-corrected chi connectivity index (χ0v) is 8.90. The Kier molecular flexibility index (Phi) is 3.04. The summed E-state index contributed by atoms with van der Waals surface area (Å²) in [5, 5.41) is 12.7. The largest absolute Gasteiger partial charge is 0.550 e. The Bertz CT molecular complexity index is 529. The number of fused-ring (bicyclic) bond motifs is 1. The number of aromatic nitrogens is 2. The summed E-state index contributed by atoms with van der Waals surface area (Å²) in [4.78, 5) is 28.6. The van der Waals surface area contributed by atoms with Crippen LogP contribution in [0.25, 0.3) is 11.0 Å². The smallest absolute Gasteiger partial charge is 0.227 e. The molecule has 0 aliphatic carbocycles. The highest BCUT2D eigenvalue weighted by Gasteiger charge is 2.06. The molecule has 0 unspecified atom stereocenters. The molecule has 0 saturated carbocycles. The van der Waals surface area contributed by atoms with Crippen molar-refractivity contribution in [2.45, 2.75) is 12.8 Å². The van der Waals surface area contributed by atoms with Crippen molar-refractivity contribution in [3.05, 3.63) is 24.3 Å². The summed E-state index contributed by atoms with van der Waals surface area (Å²) in [5.74, 6) is -1.34. The van der Waals surface area contributed by atoms with E-state index < -0.39 is 11.9 Å². The first-order valence-corrected chi connectivity index (χ1v) is 5.09. The zero-order valence-electron chi connectivity index (χ0n) is 8.90. The van der Waals surface area contributed by atoms with Gasteiger partial charge in [0.15, 0.2) is 0 Å². The van der Waals surface area contributed by atoms with Gasteiger partial charge in [-0.25, -0.2) is 4.98 Å². The second-order valence-electron chi connectivity index (χ2n) is 3.52. The Morgan fingerprint density at radius 1 is 1.29 bits per heavy atom. The van der Waals surface area contributed by atoms with Crippen LogP contribution >= 0.6 is 0 Å². The van der Waals surface area contributed by atoms with E-state index in [9.17, 15) is 14.7 Å². The average Bonchev–Trinajstić information content (AvgIpc) is 2.68. The second kappa shape index (κ2) is 4.65. The standard InChI is InChI=1S/C11H11N3O3/c15-9(5-6-10(16)17)14-11-12-7-3-1-2-4-8(7)13-11/h1-4H,5-6H2,(H,16,17)(H2,12,13,14,15)/p-1. The van der Waals surface area contributed by atoms with Crippen LogP contribution in [-0.2, 0) is 9.59 Å². The molecule has 0 aliphatic heterocycles. The van der Waals surface area contributed by atoms with E-state index in [1.807, 2.05) is 24.3 Å². The fourth-order valence-corrected chi connectivity index (χ4v) is 1.42. The van der Waals surface area contributed by atoms with E-state index >= 15 is 0 Å². The monoisotopic (exact) mass is 232 g/mol. The number of hydrogen-bond donors (Lipinski definition) is 2. The average molecular weight is 232 g/mol. The minimum Gasteiger partial charge on any atom is -0.550 e. The number of imidazole rings is 1. The molecule has 88 valence electrons. The van der Waals surface area contributed by atoms with Gasteiger partial charge in [0.05, 0.1) is 11.0 Å². The van der Waals surface area contributed by atoms with Crippen molar-refractivity contribution >= 4 is 28.9 Å².